The number of hydrogen-bond donors (Lipinski definition) is 1. The van der Waals surface area contributed by atoms with Crippen molar-refractivity contribution in [1.29, 1.82) is 5.26 Å². The number of nitrogens with one attached hydrogen (secondary N) is 1. The lowest BCUT2D eigenvalue weighted by Crippen LogP contribution is -2.41. The fraction of sp³-hybridized carbons (Fsp3) is 0.500. The van der Waals surface area contributed by atoms with Gasteiger partial charge in [-0.25, -0.2) is 0 Å². The minimum absolute atomic E-state index is 0.0101. The quantitative estimate of drug-likeness (QED) is 0.802. The first-order valence-corrected chi connectivity index (χ1v) is 8.26. The third-order valence-corrected chi connectivity index (χ3v) is 5.27. The minimum atomic E-state index is -0.125. The Morgan fingerprint density at radius 2 is 1.95 bits per heavy atom. The molecule has 21 heavy (non-hydrogen) atoms. The Bertz CT molecular complexity index is 482. The highest BCUT2D eigenvalue weighted by Gasteiger charge is 2.25. The predicted molar refractivity (Wildman–Crippen MR) is 86.5 cm³/mol. The molecular weight excluding hydrogens is 284 g/mol. The molecule has 0 aliphatic heterocycles. The van der Waals surface area contributed by atoms with Crippen molar-refractivity contribution < 1.29 is 9.53 Å². The van der Waals surface area contributed by atoms with Crippen LogP contribution >= 0.6 is 11.8 Å². The summed E-state index contributed by atoms with van der Waals surface area (Å²) in [5, 5.41) is 11.6. The molecule has 0 unspecified atom stereocenters. The van der Waals surface area contributed by atoms with Gasteiger partial charge in [-0.2, -0.15) is 17.0 Å². The van der Waals surface area contributed by atoms with Gasteiger partial charge in [0.2, 0.25) is 0 Å². The molecule has 0 saturated heterocycles. The van der Waals surface area contributed by atoms with E-state index in [-0.39, 0.29) is 17.3 Å². The average molecular weight is 306 g/mol. The maximum atomic E-state index is 11.8. The van der Waals surface area contributed by atoms with Gasteiger partial charge in [-0.1, -0.05) is 13.8 Å². The van der Waals surface area contributed by atoms with Crippen molar-refractivity contribution in [3.8, 4) is 11.8 Å². The van der Waals surface area contributed by atoms with Crippen LogP contribution in [0.1, 0.15) is 32.3 Å². The number of nitriles is 1. The van der Waals surface area contributed by atoms with E-state index in [0.29, 0.717) is 17.9 Å². The molecule has 5 heteroatoms. The lowest BCUT2D eigenvalue weighted by Gasteiger charge is -2.29. The largest absolute Gasteiger partial charge is 0.484 e. The molecule has 1 N–H and O–H groups in total. The first-order valence-electron chi connectivity index (χ1n) is 7.04. The van der Waals surface area contributed by atoms with Crippen LogP contribution in [-0.2, 0) is 4.79 Å². The van der Waals surface area contributed by atoms with Gasteiger partial charge in [0, 0.05) is 11.3 Å². The monoisotopic (exact) mass is 306 g/mol. The van der Waals surface area contributed by atoms with Crippen LogP contribution in [0.3, 0.4) is 0 Å². The summed E-state index contributed by atoms with van der Waals surface area (Å²) in [6.07, 6.45) is 4.11. The zero-order chi connectivity index (χ0) is 15.7. The molecule has 1 aromatic rings. The number of carbonyl (C=O) groups is 1. The number of hydrogen-bond acceptors (Lipinski definition) is 4. The van der Waals surface area contributed by atoms with E-state index in [0.717, 1.165) is 12.8 Å². The molecule has 0 fully saturated rings. The normalized spacial score (nSPS) is 10.8. The molecule has 1 rings (SSSR count). The third-order valence-electron chi connectivity index (χ3n) is 3.68. The Kier molecular flexibility index (Phi) is 7.10. The number of nitrogens with zero attached hydrogens (tertiary/aromatic N) is 1. The predicted octanol–water partition coefficient (Wildman–Crippen LogP) is 2.98. The van der Waals surface area contributed by atoms with Gasteiger partial charge in [-0.15, -0.1) is 0 Å². The first kappa shape index (κ1) is 17.4. The Morgan fingerprint density at radius 1 is 1.33 bits per heavy atom. The maximum Gasteiger partial charge on any atom is 0.257 e. The zero-order valence-corrected chi connectivity index (χ0v) is 13.6. The summed E-state index contributed by atoms with van der Waals surface area (Å²) in [5.41, 5.74) is 0.572. The number of ether oxygens (including phenoxy) is 1. The van der Waals surface area contributed by atoms with Gasteiger partial charge in [-0.3, -0.25) is 4.79 Å². The Hall–Kier alpha value is -1.67. The SMILES string of the molecule is CCC(CC)(CNC(=O)COc1ccc(C#N)cc1)SC. The number of amides is 1. The van der Waals surface area contributed by atoms with Crippen molar-refractivity contribution in [2.24, 2.45) is 0 Å². The molecule has 114 valence electrons. The van der Waals surface area contributed by atoms with Crippen LogP contribution in [0.2, 0.25) is 0 Å². The second-order valence-electron chi connectivity index (χ2n) is 4.80. The van der Waals surface area contributed by atoms with Crippen molar-refractivity contribution in [2.75, 3.05) is 19.4 Å². The molecular formula is C16H22N2O2S. The molecule has 0 spiro atoms. The van der Waals surface area contributed by atoms with Crippen molar-refractivity contribution in [3.63, 3.8) is 0 Å². The number of rotatable bonds is 8. The molecule has 0 radical (unpaired) electrons. The highest BCUT2D eigenvalue weighted by Crippen LogP contribution is 2.29. The van der Waals surface area contributed by atoms with Crippen LogP contribution in [0.15, 0.2) is 24.3 Å². The van der Waals surface area contributed by atoms with Gasteiger partial charge in [0.15, 0.2) is 6.61 Å². The van der Waals surface area contributed by atoms with Crippen LogP contribution in [0.4, 0.5) is 0 Å². The van der Waals surface area contributed by atoms with Crippen molar-refractivity contribution >= 4 is 17.7 Å². The molecule has 1 amide bonds. The maximum absolute atomic E-state index is 11.8. The highest BCUT2D eigenvalue weighted by atomic mass is 32.2. The number of benzene rings is 1. The van der Waals surface area contributed by atoms with E-state index >= 15 is 0 Å². The van der Waals surface area contributed by atoms with E-state index in [9.17, 15) is 4.79 Å². The lowest BCUT2D eigenvalue weighted by atomic mass is 10.0. The molecule has 0 atom stereocenters. The Morgan fingerprint density at radius 3 is 2.43 bits per heavy atom. The van der Waals surface area contributed by atoms with Gasteiger partial charge in [0.05, 0.1) is 11.6 Å². The Balaban J connectivity index is 2.42. The van der Waals surface area contributed by atoms with Crippen LogP contribution in [0.5, 0.6) is 5.75 Å². The van der Waals surface area contributed by atoms with Crippen molar-refractivity contribution in [2.45, 2.75) is 31.4 Å². The standard InChI is InChI=1S/C16H22N2O2S/c1-4-16(5-2,21-3)12-18-15(19)11-20-14-8-6-13(10-17)7-9-14/h6-9H,4-5,11-12H2,1-3H3,(H,18,19). The second kappa shape index (κ2) is 8.58. The minimum Gasteiger partial charge on any atom is -0.484 e. The molecule has 0 heterocycles. The van der Waals surface area contributed by atoms with Gasteiger partial charge in [0.25, 0.3) is 5.91 Å². The van der Waals surface area contributed by atoms with Crippen LogP contribution < -0.4 is 10.1 Å². The van der Waals surface area contributed by atoms with Crippen molar-refractivity contribution in [3.05, 3.63) is 29.8 Å². The molecule has 0 aliphatic carbocycles. The van der Waals surface area contributed by atoms with Crippen LogP contribution in [0, 0.1) is 11.3 Å². The zero-order valence-electron chi connectivity index (χ0n) is 12.8. The van der Waals surface area contributed by atoms with Gasteiger partial charge in [0.1, 0.15) is 5.75 Å². The molecule has 0 aliphatic rings. The van der Waals surface area contributed by atoms with Gasteiger partial charge < -0.3 is 10.1 Å². The molecule has 1 aromatic carbocycles. The van der Waals surface area contributed by atoms with E-state index in [1.54, 1.807) is 36.0 Å². The lowest BCUT2D eigenvalue weighted by molar-refractivity contribution is -0.123. The fourth-order valence-corrected chi connectivity index (χ4v) is 2.74. The van der Waals surface area contributed by atoms with E-state index in [4.69, 9.17) is 10.00 Å². The topological polar surface area (TPSA) is 62.1 Å². The van der Waals surface area contributed by atoms with E-state index in [1.807, 2.05) is 6.07 Å². The number of thioether (sulfide) groups is 1. The summed E-state index contributed by atoms with van der Waals surface area (Å²) in [4.78, 5) is 11.8. The summed E-state index contributed by atoms with van der Waals surface area (Å²) >= 11 is 1.79. The Labute approximate surface area is 130 Å². The number of carbonyl (C=O) groups excluding carboxylic acids is 1. The summed E-state index contributed by atoms with van der Waals surface area (Å²) < 4.78 is 5.51. The van der Waals surface area contributed by atoms with Gasteiger partial charge in [-0.05, 0) is 43.4 Å². The molecule has 0 saturated carbocycles. The summed E-state index contributed by atoms with van der Waals surface area (Å²) in [7, 11) is 0. The van der Waals surface area contributed by atoms with E-state index in [1.165, 1.54) is 0 Å². The third kappa shape index (κ3) is 5.31. The summed E-state index contributed by atoms with van der Waals surface area (Å²) in [6.45, 7) is 4.92. The van der Waals surface area contributed by atoms with Crippen molar-refractivity contribution in [1.82, 2.24) is 5.32 Å². The van der Waals surface area contributed by atoms with E-state index < -0.39 is 0 Å². The summed E-state index contributed by atoms with van der Waals surface area (Å²) in [6, 6.07) is 8.75. The van der Waals surface area contributed by atoms with Crippen LogP contribution in [-0.4, -0.2) is 30.1 Å². The van der Waals surface area contributed by atoms with E-state index in [2.05, 4.69) is 25.4 Å². The second-order valence-corrected chi connectivity index (χ2v) is 6.07. The smallest absolute Gasteiger partial charge is 0.257 e. The molecule has 0 bridgehead atoms. The summed E-state index contributed by atoms with van der Waals surface area (Å²) in [5.74, 6) is 0.464. The van der Waals surface area contributed by atoms with Gasteiger partial charge >= 0.3 is 0 Å². The fourth-order valence-electron chi connectivity index (χ4n) is 1.95. The average Bonchev–Trinajstić information content (AvgIpc) is 2.55. The molecule has 0 aromatic heterocycles. The molecule has 4 nitrogen and oxygen atoms in total. The van der Waals surface area contributed by atoms with Crippen LogP contribution in [0.25, 0.3) is 0 Å². The highest BCUT2D eigenvalue weighted by molar-refractivity contribution is 8.00. The first-order chi connectivity index (χ1) is 10.1.